The summed E-state index contributed by atoms with van der Waals surface area (Å²) in [6, 6.07) is 0. The number of ether oxygens (including phenoxy) is 2. The predicted octanol–water partition coefficient (Wildman–Crippen LogP) is -1.52. The third-order valence-electron chi connectivity index (χ3n) is 4.40. The highest BCUT2D eigenvalue weighted by Gasteiger charge is 2.45. The van der Waals surface area contributed by atoms with E-state index >= 15 is 0 Å². The Hall–Kier alpha value is -2.78. The molecule has 4 atom stereocenters. The van der Waals surface area contributed by atoms with Gasteiger partial charge in [-0.2, -0.15) is 9.97 Å². The SMILES string of the molecule is Cc1oc(=O)oc1COc1nc(N)nc2c1sc(=O)n2[C@@H]1O[C@H](CO)[C@@H](O)[C@H]1O. The van der Waals surface area contributed by atoms with Gasteiger partial charge in [0.2, 0.25) is 11.8 Å². The number of aromatic nitrogens is 3. The van der Waals surface area contributed by atoms with Gasteiger partial charge in [0.25, 0.3) is 0 Å². The van der Waals surface area contributed by atoms with Crippen LogP contribution in [-0.4, -0.2) is 54.8 Å². The number of nitrogens with two attached hydrogens (primary N) is 1. The maximum absolute atomic E-state index is 12.6. The van der Waals surface area contributed by atoms with Crippen LogP contribution in [-0.2, 0) is 11.3 Å². The number of aliphatic hydroxyl groups excluding tert-OH is 3. The average Bonchev–Trinajstić information content (AvgIpc) is 3.26. The van der Waals surface area contributed by atoms with Gasteiger partial charge in [-0.05, 0) is 6.92 Å². The molecule has 13 nitrogen and oxygen atoms in total. The molecule has 3 aromatic heterocycles. The number of fused-ring (bicyclic) bond motifs is 1. The van der Waals surface area contributed by atoms with E-state index in [9.17, 15) is 24.9 Å². The Morgan fingerprint density at radius 1 is 1.24 bits per heavy atom. The zero-order valence-corrected chi connectivity index (χ0v) is 15.7. The normalized spacial score (nSPS) is 24.4. The fraction of sp³-hybridized carbons (Fsp3) is 0.467. The number of thiazole rings is 1. The Kier molecular flexibility index (Phi) is 4.87. The topological polar surface area (TPSA) is 196 Å². The van der Waals surface area contributed by atoms with Gasteiger partial charge in [0.05, 0.1) is 6.61 Å². The van der Waals surface area contributed by atoms with E-state index in [1.807, 2.05) is 0 Å². The fourth-order valence-corrected chi connectivity index (χ4v) is 3.86. The molecule has 1 aliphatic rings. The number of anilines is 1. The van der Waals surface area contributed by atoms with Gasteiger partial charge < -0.3 is 39.4 Å². The highest BCUT2D eigenvalue weighted by Crippen LogP contribution is 2.34. The van der Waals surface area contributed by atoms with Crippen molar-refractivity contribution in [3.8, 4) is 5.88 Å². The minimum atomic E-state index is -1.48. The van der Waals surface area contributed by atoms with Crippen LogP contribution >= 0.6 is 11.3 Å². The zero-order valence-electron chi connectivity index (χ0n) is 14.8. The van der Waals surface area contributed by atoms with E-state index in [4.69, 9.17) is 24.0 Å². The average molecular weight is 428 g/mol. The largest absolute Gasteiger partial charge is 0.519 e. The zero-order chi connectivity index (χ0) is 20.9. The number of nitrogen functional groups attached to an aromatic ring is 1. The van der Waals surface area contributed by atoms with E-state index in [1.165, 1.54) is 6.92 Å². The molecule has 0 aromatic carbocycles. The second kappa shape index (κ2) is 7.23. The summed E-state index contributed by atoms with van der Waals surface area (Å²) in [7, 11) is 0. The van der Waals surface area contributed by atoms with Crippen LogP contribution in [0.25, 0.3) is 10.3 Å². The standard InChI is InChI=1S/C15H16N4O9S/c1-4-6(28-15(24)26-4)3-25-11-9-10(17-13(16)18-11)19(14(23)29-9)12-8(22)7(21)5(2-20)27-12/h5,7-8,12,20-22H,2-3H2,1H3,(H2,16,17,18)/t5-,7-,8-,12-/m1/s1. The lowest BCUT2D eigenvalue weighted by molar-refractivity contribution is -0.0518. The molecule has 0 radical (unpaired) electrons. The maximum atomic E-state index is 12.6. The third kappa shape index (κ3) is 3.30. The molecule has 0 bridgehead atoms. The van der Waals surface area contributed by atoms with Crippen molar-refractivity contribution >= 4 is 27.6 Å². The second-order valence-electron chi connectivity index (χ2n) is 6.23. The summed E-state index contributed by atoms with van der Waals surface area (Å²) in [6.45, 7) is 0.749. The Bertz CT molecular complexity index is 1160. The molecule has 4 rings (SSSR count). The molecule has 0 saturated carbocycles. The van der Waals surface area contributed by atoms with Gasteiger partial charge in [-0.1, -0.05) is 11.3 Å². The van der Waals surface area contributed by atoms with Gasteiger partial charge in [-0.3, -0.25) is 9.36 Å². The van der Waals surface area contributed by atoms with E-state index in [0.29, 0.717) is 11.3 Å². The summed E-state index contributed by atoms with van der Waals surface area (Å²) in [5, 5.41) is 29.5. The summed E-state index contributed by atoms with van der Waals surface area (Å²) in [5.41, 5.74) is 5.74. The molecule has 156 valence electrons. The molecule has 4 heterocycles. The Labute approximate surface area is 164 Å². The smallest absolute Gasteiger partial charge is 0.468 e. The van der Waals surface area contributed by atoms with Crippen LogP contribution < -0.4 is 21.2 Å². The van der Waals surface area contributed by atoms with Crippen molar-refractivity contribution in [2.75, 3.05) is 12.3 Å². The minimum absolute atomic E-state index is 0.0164. The molecule has 14 heteroatoms. The predicted molar refractivity (Wildman–Crippen MR) is 95.4 cm³/mol. The van der Waals surface area contributed by atoms with Crippen LogP contribution in [0.1, 0.15) is 17.7 Å². The molecule has 1 fully saturated rings. The van der Waals surface area contributed by atoms with Gasteiger partial charge in [-0.25, -0.2) is 4.79 Å². The van der Waals surface area contributed by atoms with E-state index in [1.54, 1.807) is 0 Å². The Morgan fingerprint density at radius 3 is 2.62 bits per heavy atom. The van der Waals surface area contributed by atoms with Gasteiger partial charge in [0.15, 0.2) is 30.0 Å². The molecule has 0 aliphatic carbocycles. The van der Waals surface area contributed by atoms with Crippen molar-refractivity contribution in [3.63, 3.8) is 0 Å². The Balaban J connectivity index is 1.73. The van der Waals surface area contributed by atoms with E-state index in [-0.39, 0.29) is 40.3 Å². The molecular weight excluding hydrogens is 412 g/mol. The number of hydrogen-bond donors (Lipinski definition) is 4. The van der Waals surface area contributed by atoms with Crippen LogP contribution in [0.4, 0.5) is 5.95 Å². The summed E-state index contributed by atoms with van der Waals surface area (Å²) in [4.78, 5) is 31.1. The lowest BCUT2D eigenvalue weighted by Gasteiger charge is -2.16. The minimum Gasteiger partial charge on any atom is -0.468 e. The van der Waals surface area contributed by atoms with Crippen molar-refractivity contribution < 1.29 is 33.6 Å². The van der Waals surface area contributed by atoms with Crippen molar-refractivity contribution in [2.24, 2.45) is 0 Å². The maximum Gasteiger partial charge on any atom is 0.519 e. The molecule has 1 aliphatic heterocycles. The van der Waals surface area contributed by atoms with Crippen LogP contribution in [0.15, 0.2) is 18.4 Å². The first-order valence-electron chi connectivity index (χ1n) is 8.33. The van der Waals surface area contributed by atoms with E-state index in [2.05, 4.69) is 9.97 Å². The molecule has 0 spiro atoms. The summed E-state index contributed by atoms with van der Waals surface area (Å²) >= 11 is 0.708. The first-order valence-corrected chi connectivity index (χ1v) is 9.15. The molecule has 3 aromatic rings. The van der Waals surface area contributed by atoms with Crippen molar-refractivity contribution in [2.45, 2.75) is 38.1 Å². The van der Waals surface area contributed by atoms with Crippen LogP contribution in [0.3, 0.4) is 0 Å². The van der Waals surface area contributed by atoms with Crippen molar-refractivity contribution in [1.29, 1.82) is 0 Å². The van der Waals surface area contributed by atoms with Gasteiger partial charge >= 0.3 is 10.7 Å². The van der Waals surface area contributed by atoms with Crippen LogP contribution in [0.2, 0.25) is 0 Å². The van der Waals surface area contributed by atoms with E-state index in [0.717, 1.165) is 4.57 Å². The summed E-state index contributed by atoms with van der Waals surface area (Å²) < 4.78 is 21.8. The lowest BCUT2D eigenvalue weighted by Crippen LogP contribution is -2.34. The number of aliphatic hydroxyl groups is 3. The molecule has 0 unspecified atom stereocenters. The van der Waals surface area contributed by atoms with E-state index < -0.39 is 41.8 Å². The monoisotopic (exact) mass is 428 g/mol. The summed E-state index contributed by atoms with van der Waals surface area (Å²) in [6.07, 6.45) is -5.24. The molecular formula is C15H16N4O9S. The molecule has 1 saturated heterocycles. The molecule has 29 heavy (non-hydrogen) atoms. The first-order chi connectivity index (χ1) is 13.8. The first kappa shape index (κ1) is 19.5. The van der Waals surface area contributed by atoms with Crippen molar-refractivity contribution in [3.05, 3.63) is 31.8 Å². The fourth-order valence-electron chi connectivity index (χ4n) is 2.97. The van der Waals surface area contributed by atoms with Crippen LogP contribution in [0.5, 0.6) is 5.88 Å². The number of nitrogens with zero attached hydrogens (tertiary/aromatic N) is 3. The Morgan fingerprint density at radius 2 is 2.00 bits per heavy atom. The summed E-state index contributed by atoms with van der Waals surface area (Å²) in [5.74, 6) is -0.797. The molecule has 0 amide bonds. The third-order valence-corrected chi connectivity index (χ3v) is 5.33. The highest BCUT2D eigenvalue weighted by atomic mass is 32.1. The van der Waals surface area contributed by atoms with Crippen molar-refractivity contribution in [1.82, 2.24) is 14.5 Å². The van der Waals surface area contributed by atoms with Gasteiger partial charge in [0, 0.05) is 0 Å². The second-order valence-corrected chi connectivity index (χ2v) is 7.19. The van der Waals surface area contributed by atoms with Crippen LogP contribution in [0, 0.1) is 6.92 Å². The number of aryl methyl sites for hydroxylation is 1. The van der Waals surface area contributed by atoms with Gasteiger partial charge in [0.1, 0.15) is 23.0 Å². The lowest BCUT2D eigenvalue weighted by atomic mass is 10.1. The quantitative estimate of drug-likeness (QED) is 0.367. The highest BCUT2D eigenvalue weighted by molar-refractivity contribution is 7.16. The number of hydrogen-bond acceptors (Lipinski definition) is 13. The van der Waals surface area contributed by atoms with Gasteiger partial charge in [-0.15, -0.1) is 0 Å². The molecule has 5 N–H and O–H groups in total. The number of rotatable bonds is 5.